The average Bonchev–Trinajstić information content (AvgIpc) is 2.74. The first-order valence-electron chi connectivity index (χ1n) is 9.30. The monoisotopic (exact) mass is 459 g/mol. The van der Waals surface area contributed by atoms with E-state index >= 15 is 0 Å². The summed E-state index contributed by atoms with van der Waals surface area (Å²) in [6, 6.07) is 19.7. The van der Waals surface area contributed by atoms with Gasteiger partial charge in [0.2, 0.25) is 10.0 Å². The van der Waals surface area contributed by atoms with E-state index in [-0.39, 0.29) is 27.6 Å². The van der Waals surface area contributed by atoms with Gasteiger partial charge in [-0.25, -0.2) is 21.6 Å². The Morgan fingerprint density at radius 1 is 0.742 bits per heavy atom. The maximum absolute atomic E-state index is 12.5. The van der Waals surface area contributed by atoms with Crippen molar-refractivity contribution in [2.24, 2.45) is 0 Å². The molecule has 0 saturated heterocycles. The van der Waals surface area contributed by atoms with Crippen molar-refractivity contribution < 1.29 is 21.6 Å². The van der Waals surface area contributed by atoms with Crippen LogP contribution >= 0.6 is 0 Å². The van der Waals surface area contributed by atoms with Crippen LogP contribution in [-0.4, -0.2) is 29.3 Å². The third-order valence-electron chi connectivity index (χ3n) is 4.19. The summed E-state index contributed by atoms with van der Waals surface area (Å²) in [5.74, 6) is -0.463. The van der Waals surface area contributed by atoms with Crippen LogP contribution in [0, 0.1) is 0 Å². The molecule has 3 N–H and O–H groups in total. The second kappa shape index (κ2) is 9.29. The van der Waals surface area contributed by atoms with Crippen LogP contribution in [0.2, 0.25) is 0 Å². The topological polar surface area (TPSA) is 121 Å². The first kappa shape index (κ1) is 22.5. The lowest BCUT2D eigenvalue weighted by molar-refractivity contribution is 0.102. The normalized spacial score (nSPS) is 11.6. The van der Waals surface area contributed by atoms with E-state index in [1.54, 1.807) is 43.3 Å². The van der Waals surface area contributed by atoms with Crippen molar-refractivity contribution in [3.63, 3.8) is 0 Å². The number of hydrogen-bond acceptors (Lipinski definition) is 5. The maximum Gasteiger partial charge on any atom is 0.261 e. The Kier molecular flexibility index (Phi) is 6.74. The van der Waals surface area contributed by atoms with E-state index in [1.165, 1.54) is 42.5 Å². The number of amides is 1. The number of rotatable bonds is 8. The third kappa shape index (κ3) is 5.69. The smallest absolute Gasteiger partial charge is 0.261 e. The SMILES string of the molecule is CCNS(=O)(=O)c1ccc(C(=O)Nc2cccc(NS(=O)(=O)c3ccccc3)c2)cc1. The lowest BCUT2D eigenvalue weighted by atomic mass is 10.2. The zero-order valence-corrected chi connectivity index (χ0v) is 18.2. The first-order valence-corrected chi connectivity index (χ1v) is 12.3. The number of sulfonamides is 2. The molecule has 3 aromatic rings. The first-order chi connectivity index (χ1) is 14.7. The van der Waals surface area contributed by atoms with Gasteiger partial charge in [-0.15, -0.1) is 0 Å². The van der Waals surface area contributed by atoms with E-state index in [4.69, 9.17) is 0 Å². The highest BCUT2D eigenvalue weighted by Crippen LogP contribution is 2.20. The van der Waals surface area contributed by atoms with E-state index in [0.717, 1.165) is 0 Å². The number of benzene rings is 3. The number of carbonyl (C=O) groups is 1. The fraction of sp³-hybridized carbons (Fsp3) is 0.0952. The van der Waals surface area contributed by atoms with Gasteiger partial charge in [-0.3, -0.25) is 9.52 Å². The van der Waals surface area contributed by atoms with Gasteiger partial charge >= 0.3 is 0 Å². The van der Waals surface area contributed by atoms with Gasteiger partial charge in [0.25, 0.3) is 15.9 Å². The van der Waals surface area contributed by atoms with E-state index in [2.05, 4.69) is 14.8 Å². The molecule has 0 aliphatic carbocycles. The molecular weight excluding hydrogens is 438 g/mol. The highest BCUT2D eigenvalue weighted by molar-refractivity contribution is 7.92. The minimum Gasteiger partial charge on any atom is -0.322 e. The van der Waals surface area contributed by atoms with Crippen LogP contribution in [0.4, 0.5) is 11.4 Å². The second-order valence-corrected chi connectivity index (χ2v) is 9.93. The van der Waals surface area contributed by atoms with Gasteiger partial charge in [0.05, 0.1) is 15.5 Å². The van der Waals surface area contributed by atoms with Crippen LogP contribution in [0.25, 0.3) is 0 Å². The molecule has 0 radical (unpaired) electrons. The number of carbonyl (C=O) groups excluding carboxylic acids is 1. The molecular formula is C21H21N3O5S2. The van der Waals surface area contributed by atoms with Crippen molar-refractivity contribution in [2.75, 3.05) is 16.6 Å². The molecule has 3 rings (SSSR count). The minimum atomic E-state index is -3.76. The van der Waals surface area contributed by atoms with E-state index in [1.807, 2.05) is 0 Å². The van der Waals surface area contributed by atoms with Crippen molar-refractivity contribution in [2.45, 2.75) is 16.7 Å². The molecule has 0 bridgehead atoms. The molecule has 0 heterocycles. The predicted molar refractivity (Wildman–Crippen MR) is 119 cm³/mol. The molecule has 0 aliphatic rings. The van der Waals surface area contributed by atoms with Crippen LogP contribution in [-0.2, 0) is 20.0 Å². The lowest BCUT2D eigenvalue weighted by Crippen LogP contribution is -2.23. The third-order valence-corrected chi connectivity index (χ3v) is 7.15. The van der Waals surface area contributed by atoms with Crippen molar-refractivity contribution in [3.05, 3.63) is 84.4 Å². The van der Waals surface area contributed by atoms with Gasteiger partial charge in [0.1, 0.15) is 0 Å². The van der Waals surface area contributed by atoms with E-state index in [0.29, 0.717) is 5.69 Å². The summed E-state index contributed by atoms with van der Waals surface area (Å²) in [5, 5.41) is 2.67. The van der Waals surface area contributed by atoms with E-state index in [9.17, 15) is 21.6 Å². The van der Waals surface area contributed by atoms with Gasteiger partial charge in [-0.05, 0) is 54.6 Å². The molecule has 3 aromatic carbocycles. The van der Waals surface area contributed by atoms with Crippen LogP contribution in [0.1, 0.15) is 17.3 Å². The van der Waals surface area contributed by atoms with Gasteiger partial charge in [0.15, 0.2) is 0 Å². The molecule has 0 spiro atoms. The Bertz CT molecular complexity index is 1270. The number of hydrogen-bond donors (Lipinski definition) is 3. The summed E-state index contributed by atoms with van der Waals surface area (Å²) in [6.07, 6.45) is 0. The Morgan fingerprint density at radius 2 is 1.35 bits per heavy atom. The maximum atomic E-state index is 12.5. The number of nitrogens with one attached hydrogen (secondary N) is 3. The fourth-order valence-corrected chi connectivity index (χ4v) is 4.85. The molecule has 0 fully saturated rings. The zero-order valence-electron chi connectivity index (χ0n) is 16.6. The van der Waals surface area contributed by atoms with Crippen molar-refractivity contribution >= 4 is 37.3 Å². The minimum absolute atomic E-state index is 0.0585. The molecule has 162 valence electrons. The Balaban J connectivity index is 1.73. The Morgan fingerprint density at radius 3 is 2.00 bits per heavy atom. The summed E-state index contributed by atoms with van der Waals surface area (Å²) in [6.45, 7) is 1.93. The zero-order chi connectivity index (χ0) is 22.5. The van der Waals surface area contributed by atoms with Crippen molar-refractivity contribution in [1.82, 2.24) is 4.72 Å². The predicted octanol–water partition coefficient (Wildman–Crippen LogP) is 3.04. The Hall–Kier alpha value is -3.21. The van der Waals surface area contributed by atoms with E-state index < -0.39 is 26.0 Å². The molecule has 0 saturated carbocycles. The van der Waals surface area contributed by atoms with Gasteiger partial charge < -0.3 is 5.32 Å². The van der Waals surface area contributed by atoms with Crippen LogP contribution in [0.3, 0.4) is 0 Å². The second-order valence-electron chi connectivity index (χ2n) is 6.48. The highest BCUT2D eigenvalue weighted by atomic mass is 32.2. The van der Waals surface area contributed by atoms with Gasteiger partial charge in [-0.1, -0.05) is 31.2 Å². The largest absolute Gasteiger partial charge is 0.322 e. The van der Waals surface area contributed by atoms with Crippen LogP contribution in [0.15, 0.2) is 88.7 Å². The van der Waals surface area contributed by atoms with Gasteiger partial charge in [0, 0.05) is 17.8 Å². The van der Waals surface area contributed by atoms with Crippen LogP contribution in [0.5, 0.6) is 0 Å². The standard InChI is InChI=1S/C21H21N3O5S2/c1-2-22-30(26,27)20-13-11-16(12-14-20)21(25)23-17-7-6-8-18(15-17)24-31(28,29)19-9-4-3-5-10-19/h3-15,22,24H,2H2,1H3,(H,23,25). The molecule has 0 aliphatic heterocycles. The molecule has 0 atom stereocenters. The summed E-state index contributed by atoms with van der Waals surface area (Å²) in [5.41, 5.74) is 0.919. The van der Waals surface area contributed by atoms with Crippen molar-refractivity contribution in [3.8, 4) is 0 Å². The molecule has 1 amide bonds. The summed E-state index contributed by atoms with van der Waals surface area (Å²) < 4.78 is 53.8. The van der Waals surface area contributed by atoms with Gasteiger partial charge in [-0.2, -0.15) is 0 Å². The highest BCUT2D eigenvalue weighted by Gasteiger charge is 2.15. The Labute approximate surface area is 181 Å². The number of anilines is 2. The summed E-state index contributed by atoms with van der Waals surface area (Å²) in [4.78, 5) is 12.7. The molecule has 0 aromatic heterocycles. The molecule has 10 heteroatoms. The molecule has 31 heavy (non-hydrogen) atoms. The van der Waals surface area contributed by atoms with Crippen LogP contribution < -0.4 is 14.8 Å². The molecule has 8 nitrogen and oxygen atoms in total. The van der Waals surface area contributed by atoms with Crippen molar-refractivity contribution in [1.29, 1.82) is 0 Å². The fourth-order valence-electron chi connectivity index (χ4n) is 2.74. The quantitative estimate of drug-likeness (QED) is 0.478. The molecule has 0 unspecified atom stereocenters. The summed E-state index contributed by atoms with van der Waals surface area (Å²) in [7, 11) is -7.36. The average molecular weight is 460 g/mol. The summed E-state index contributed by atoms with van der Waals surface area (Å²) >= 11 is 0. The lowest BCUT2D eigenvalue weighted by Gasteiger charge is -2.11.